The summed E-state index contributed by atoms with van der Waals surface area (Å²) in [5.74, 6) is 0. The van der Waals surface area contributed by atoms with Gasteiger partial charge in [0.05, 0.1) is 11.2 Å². The normalized spacial score (nSPS) is 10.8. The minimum atomic E-state index is 0.870. The highest BCUT2D eigenvalue weighted by Gasteiger charge is 2.05. The van der Waals surface area contributed by atoms with Crippen LogP contribution in [0.15, 0.2) is 41.3 Å². The van der Waals surface area contributed by atoms with E-state index in [0.717, 1.165) is 21.1 Å². The second-order valence-electron chi connectivity index (χ2n) is 3.26. The molecule has 0 saturated heterocycles. The molecule has 3 aromatic rings. The molecule has 0 aliphatic rings. The van der Waals surface area contributed by atoms with Crippen molar-refractivity contribution < 1.29 is 0 Å². The number of aromatic nitrogens is 5. The van der Waals surface area contributed by atoms with Gasteiger partial charge in [0.25, 0.3) is 0 Å². The van der Waals surface area contributed by atoms with Crippen molar-refractivity contribution in [3.05, 3.63) is 41.3 Å². The van der Waals surface area contributed by atoms with Gasteiger partial charge in [0.2, 0.25) is 0 Å². The van der Waals surface area contributed by atoms with Gasteiger partial charge in [0, 0.05) is 16.1 Å². The number of para-hydroxylation sites is 1. The molecule has 6 heteroatoms. The molecule has 2 heterocycles. The van der Waals surface area contributed by atoms with E-state index in [0.29, 0.717) is 0 Å². The van der Waals surface area contributed by atoms with Crippen LogP contribution >= 0.6 is 15.9 Å². The van der Waals surface area contributed by atoms with Crippen molar-refractivity contribution in [3.63, 3.8) is 0 Å². The number of tetrazole rings is 1. The number of pyridine rings is 1. The van der Waals surface area contributed by atoms with Crippen LogP contribution in [0.25, 0.3) is 16.6 Å². The molecule has 5 nitrogen and oxygen atoms in total. The van der Waals surface area contributed by atoms with E-state index in [1.165, 1.54) is 0 Å². The average molecular weight is 276 g/mol. The molecular formula is C10H6BrN5. The van der Waals surface area contributed by atoms with Crippen LogP contribution in [0.3, 0.4) is 0 Å². The summed E-state index contributed by atoms with van der Waals surface area (Å²) >= 11 is 3.40. The van der Waals surface area contributed by atoms with E-state index in [2.05, 4.69) is 36.4 Å². The van der Waals surface area contributed by atoms with E-state index in [1.807, 2.05) is 24.3 Å². The molecule has 2 aromatic heterocycles. The molecule has 0 N–H and O–H groups in total. The summed E-state index contributed by atoms with van der Waals surface area (Å²) in [6, 6.07) is 7.89. The maximum atomic E-state index is 4.37. The van der Waals surface area contributed by atoms with Gasteiger partial charge in [0.1, 0.15) is 6.33 Å². The molecule has 16 heavy (non-hydrogen) atoms. The lowest BCUT2D eigenvalue weighted by atomic mass is 10.2. The largest absolute Gasteiger partial charge is 0.253 e. The molecular weight excluding hydrogens is 270 g/mol. The Morgan fingerprint density at radius 1 is 1.25 bits per heavy atom. The highest BCUT2D eigenvalue weighted by atomic mass is 79.9. The van der Waals surface area contributed by atoms with Crippen molar-refractivity contribution in [2.45, 2.75) is 0 Å². The standard InChI is InChI=1S/C10H6BrN5/c11-8-4-7-2-1-3-9(10(7)12-5-8)16-6-13-14-15-16/h1-6H. The van der Waals surface area contributed by atoms with Crippen molar-refractivity contribution in [1.82, 2.24) is 25.2 Å². The summed E-state index contributed by atoms with van der Waals surface area (Å²) in [7, 11) is 0. The Morgan fingerprint density at radius 2 is 2.19 bits per heavy atom. The molecule has 0 amide bonds. The van der Waals surface area contributed by atoms with E-state index >= 15 is 0 Å². The van der Waals surface area contributed by atoms with Gasteiger partial charge in [-0.25, -0.2) is 0 Å². The van der Waals surface area contributed by atoms with E-state index in [9.17, 15) is 0 Å². The Morgan fingerprint density at radius 3 is 3.00 bits per heavy atom. The van der Waals surface area contributed by atoms with Crippen molar-refractivity contribution in [2.75, 3.05) is 0 Å². The highest BCUT2D eigenvalue weighted by molar-refractivity contribution is 9.10. The maximum absolute atomic E-state index is 4.37. The lowest BCUT2D eigenvalue weighted by Gasteiger charge is -2.04. The van der Waals surface area contributed by atoms with Crippen LogP contribution in [0.4, 0.5) is 0 Å². The summed E-state index contributed by atoms with van der Waals surface area (Å²) in [5.41, 5.74) is 1.74. The van der Waals surface area contributed by atoms with Gasteiger partial charge >= 0.3 is 0 Å². The minimum Gasteiger partial charge on any atom is -0.253 e. The van der Waals surface area contributed by atoms with Crippen molar-refractivity contribution in [1.29, 1.82) is 0 Å². The molecule has 0 saturated carbocycles. The Labute approximate surface area is 99.2 Å². The predicted molar refractivity (Wildman–Crippen MR) is 62.2 cm³/mol. The van der Waals surface area contributed by atoms with E-state index in [-0.39, 0.29) is 0 Å². The molecule has 0 radical (unpaired) electrons. The van der Waals surface area contributed by atoms with Gasteiger partial charge in [0.15, 0.2) is 0 Å². The minimum absolute atomic E-state index is 0.870. The number of hydrogen-bond donors (Lipinski definition) is 0. The molecule has 0 bridgehead atoms. The second-order valence-corrected chi connectivity index (χ2v) is 4.17. The zero-order valence-electron chi connectivity index (χ0n) is 8.08. The maximum Gasteiger partial charge on any atom is 0.143 e. The Balaban J connectivity index is 2.34. The number of nitrogens with zero attached hydrogens (tertiary/aromatic N) is 5. The van der Waals surface area contributed by atoms with Gasteiger partial charge in [-0.2, -0.15) is 4.68 Å². The first-order chi connectivity index (χ1) is 7.84. The lowest BCUT2D eigenvalue weighted by molar-refractivity contribution is 0.792. The van der Waals surface area contributed by atoms with Gasteiger partial charge < -0.3 is 0 Å². The third kappa shape index (κ3) is 1.47. The number of rotatable bonds is 1. The number of hydrogen-bond acceptors (Lipinski definition) is 4. The predicted octanol–water partition coefficient (Wildman–Crippen LogP) is 1.97. The summed E-state index contributed by atoms with van der Waals surface area (Å²) in [5, 5.41) is 12.1. The molecule has 0 atom stereocenters. The second kappa shape index (κ2) is 3.64. The first-order valence-corrected chi connectivity index (χ1v) is 5.41. The van der Waals surface area contributed by atoms with Crippen molar-refractivity contribution >= 4 is 26.8 Å². The Hall–Kier alpha value is -1.82. The van der Waals surface area contributed by atoms with E-state index in [4.69, 9.17) is 0 Å². The molecule has 0 unspecified atom stereocenters. The van der Waals surface area contributed by atoms with Crippen molar-refractivity contribution in [3.8, 4) is 5.69 Å². The van der Waals surface area contributed by atoms with Crippen LogP contribution in [-0.4, -0.2) is 25.2 Å². The zero-order chi connectivity index (χ0) is 11.0. The topological polar surface area (TPSA) is 56.5 Å². The lowest BCUT2D eigenvalue weighted by Crippen LogP contribution is -1.97. The summed E-state index contributed by atoms with van der Waals surface area (Å²) in [4.78, 5) is 4.37. The Kier molecular flexibility index (Phi) is 2.14. The van der Waals surface area contributed by atoms with Crippen LogP contribution in [-0.2, 0) is 0 Å². The first kappa shape index (κ1) is 9.41. The van der Waals surface area contributed by atoms with Gasteiger partial charge in [-0.05, 0) is 38.5 Å². The van der Waals surface area contributed by atoms with Gasteiger partial charge in [-0.15, -0.1) is 5.10 Å². The molecule has 0 aliphatic heterocycles. The van der Waals surface area contributed by atoms with E-state index < -0.39 is 0 Å². The van der Waals surface area contributed by atoms with Crippen molar-refractivity contribution in [2.24, 2.45) is 0 Å². The summed E-state index contributed by atoms with van der Waals surface area (Å²) < 4.78 is 2.55. The van der Waals surface area contributed by atoms with Crippen LogP contribution in [0.2, 0.25) is 0 Å². The SMILES string of the molecule is Brc1cnc2c(-n3cnnn3)cccc2c1. The highest BCUT2D eigenvalue weighted by Crippen LogP contribution is 2.22. The fraction of sp³-hybridized carbons (Fsp3) is 0. The molecule has 0 fully saturated rings. The summed E-state index contributed by atoms with van der Waals surface area (Å²) in [6.45, 7) is 0. The molecule has 3 rings (SSSR count). The van der Waals surface area contributed by atoms with Gasteiger partial charge in [-0.3, -0.25) is 4.98 Å². The quantitative estimate of drug-likeness (QED) is 0.682. The first-order valence-electron chi connectivity index (χ1n) is 4.62. The van der Waals surface area contributed by atoms with E-state index in [1.54, 1.807) is 17.2 Å². The van der Waals surface area contributed by atoms with Crippen LogP contribution in [0.5, 0.6) is 0 Å². The third-order valence-electron chi connectivity index (χ3n) is 2.25. The smallest absolute Gasteiger partial charge is 0.143 e. The fourth-order valence-corrected chi connectivity index (χ4v) is 1.92. The molecule has 1 aromatic carbocycles. The van der Waals surface area contributed by atoms with Crippen LogP contribution < -0.4 is 0 Å². The number of fused-ring (bicyclic) bond motifs is 1. The van der Waals surface area contributed by atoms with Gasteiger partial charge in [-0.1, -0.05) is 12.1 Å². The monoisotopic (exact) mass is 275 g/mol. The summed E-state index contributed by atoms with van der Waals surface area (Å²) in [6.07, 6.45) is 3.31. The van der Waals surface area contributed by atoms with Crippen LogP contribution in [0.1, 0.15) is 0 Å². The number of halogens is 1. The Bertz CT molecular complexity index is 635. The third-order valence-corrected chi connectivity index (χ3v) is 2.69. The number of benzene rings is 1. The van der Waals surface area contributed by atoms with Crippen LogP contribution in [0, 0.1) is 0 Å². The molecule has 78 valence electrons. The fourth-order valence-electron chi connectivity index (χ4n) is 1.57. The zero-order valence-corrected chi connectivity index (χ0v) is 9.66. The molecule has 0 spiro atoms. The molecule has 0 aliphatic carbocycles. The average Bonchev–Trinajstić information content (AvgIpc) is 2.81.